The third-order valence-electron chi connectivity index (χ3n) is 1.47. The Morgan fingerprint density at radius 1 is 1.40 bits per heavy atom. The molecule has 0 heterocycles. The van der Waals surface area contributed by atoms with E-state index < -0.39 is 0 Å². The standard InChI is InChI=1S/C9H17N/c1-8(2)6-9(3,4)7-10-5/h8H,6-7H2,1-4H3. The predicted octanol–water partition coefficient (Wildman–Crippen LogP) is 2.98. The Morgan fingerprint density at radius 2 is 1.90 bits per heavy atom. The average molecular weight is 139 g/mol. The van der Waals surface area contributed by atoms with Gasteiger partial charge in [-0.15, -0.1) is 0 Å². The van der Waals surface area contributed by atoms with E-state index in [-0.39, 0.29) is 5.41 Å². The van der Waals surface area contributed by atoms with Crippen LogP contribution in [0, 0.1) is 17.9 Å². The highest BCUT2D eigenvalue weighted by Crippen LogP contribution is 2.25. The Bertz CT molecular complexity index is 128. The van der Waals surface area contributed by atoms with E-state index in [2.05, 4.69) is 32.5 Å². The minimum Gasteiger partial charge on any atom is -0.316 e. The molecule has 0 aliphatic rings. The normalized spacial score (nSPS) is 11.6. The van der Waals surface area contributed by atoms with Crippen LogP contribution in [0.2, 0.25) is 0 Å². The van der Waals surface area contributed by atoms with Crippen molar-refractivity contribution in [1.29, 1.82) is 0 Å². The Labute approximate surface area is 64.3 Å². The molecule has 0 aliphatic heterocycles. The van der Waals surface area contributed by atoms with Crippen molar-refractivity contribution in [1.82, 2.24) is 0 Å². The third kappa shape index (κ3) is 4.38. The van der Waals surface area contributed by atoms with E-state index >= 15 is 0 Å². The molecule has 0 radical (unpaired) electrons. The highest BCUT2D eigenvalue weighted by Gasteiger charge is 2.22. The van der Waals surface area contributed by atoms with Gasteiger partial charge in [0.1, 0.15) is 0 Å². The van der Waals surface area contributed by atoms with Gasteiger partial charge in [-0.05, 0) is 12.3 Å². The molecule has 0 N–H and O–H groups in total. The summed E-state index contributed by atoms with van der Waals surface area (Å²) in [6.45, 7) is 16.1. The van der Waals surface area contributed by atoms with Crippen LogP contribution in [0.15, 0.2) is 0 Å². The Kier molecular flexibility index (Phi) is 3.42. The van der Waals surface area contributed by atoms with E-state index in [1.807, 2.05) is 0 Å². The molecule has 1 heteroatoms. The first-order chi connectivity index (χ1) is 4.48. The summed E-state index contributed by atoms with van der Waals surface area (Å²) in [5.74, 6) is 0.705. The van der Waals surface area contributed by atoms with E-state index in [1.165, 1.54) is 0 Å². The summed E-state index contributed by atoms with van der Waals surface area (Å²) in [4.78, 5) is 3.41. The quantitative estimate of drug-likeness (QED) is 0.529. The molecule has 0 bridgehead atoms. The summed E-state index contributed by atoms with van der Waals surface area (Å²) in [7, 11) is 0. The van der Waals surface area contributed by atoms with Crippen molar-refractivity contribution in [2.75, 3.05) is 6.54 Å². The predicted molar refractivity (Wildman–Crippen MR) is 44.7 cm³/mol. The molecule has 0 atom stereocenters. The minimum atomic E-state index is 0.218. The van der Waals surface area contributed by atoms with E-state index in [4.69, 9.17) is 6.57 Å². The summed E-state index contributed by atoms with van der Waals surface area (Å²) in [6.07, 6.45) is 1.15. The molecule has 0 aliphatic carbocycles. The largest absolute Gasteiger partial charge is 0.316 e. The van der Waals surface area contributed by atoms with Crippen molar-refractivity contribution in [3.8, 4) is 0 Å². The van der Waals surface area contributed by atoms with Gasteiger partial charge in [0.2, 0.25) is 6.54 Å². The van der Waals surface area contributed by atoms with Gasteiger partial charge in [0.15, 0.2) is 0 Å². The fourth-order valence-corrected chi connectivity index (χ4v) is 1.38. The molecule has 0 fully saturated rings. The smallest absolute Gasteiger partial charge is 0.219 e. The molecule has 0 aromatic rings. The highest BCUT2D eigenvalue weighted by atomic mass is 14.7. The van der Waals surface area contributed by atoms with Gasteiger partial charge in [-0.3, -0.25) is 0 Å². The van der Waals surface area contributed by atoms with Gasteiger partial charge in [-0.2, -0.15) is 0 Å². The number of hydrogen-bond acceptors (Lipinski definition) is 0. The SMILES string of the molecule is [C-]#[N+]CC(C)(C)CC(C)C. The average Bonchev–Trinajstić information content (AvgIpc) is 1.59. The van der Waals surface area contributed by atoms with Gasteiger partial charge in [-0.1, -0.05) is 27.7 Å². The van der Waals surface area contributed by atoms with Gasteiger partial charge in [0.25, 0.3) is 0 Å². The molecule has 0 rings (SSSR count). The van der Waals surface area contributed by atoms with Crippen LogP contribution in [0.3, 0.4) is 0 Å². The second-order valence-corrected chi connectivity index (χ2v) is 4.08. The van der Waals surface area contributed by atoms with E-state index in [9.17, 15) is 0 Å². The summed E-state index contributed by atoms with van der Waals surface area (Å²) < 4.78 is 0. The van der Waals surface area contributed by atoms with Gasteiger partial charge in [0, 0.05) is 5.41 Å². The number of rotatable bonds is 3. The first kappa shape index (κ1) is 9.49. The zero-order valence-electron chi connectivity index (χ0n) is 7.44. The molecule has 0 saturated carbocycles. The Hall–Kier alpha value is -0.510. The maximum Gasteiger partial charge on any atom is 0.219 e. The molecule has 0 aromatic heterocycles. The third-order valence-corrected chi connectivity index (χ3v) is 1.47. The minimum absolute atomic E-state index is 0.218. The van der Waals surface area contributed by atoms with Crippen molar-refractivity contribution in [3.63, 3.8) is 0 Å². The lowest BCUT2D eigenvalue weighted by Gasteiger charge is -2.19. The van der Waals surface area contributed by atoms with Crippen LogP contribution in [0.25, 0.3) is 4.85 Å². The van der Waals surface area contributed by atoms with Crippen LogP contribution < -0.4 is 0 Å². The molecular weight excluding hydrogens is 122 g/mol. The molecule has 58 valence electrons. The van der Waals surface area contributed by atoms with Crippen LogP contribution >= 0.6 is 0 Å². The lowest BCUT2D eigenvalue weighted by Crippen LogP contribution is -2.17. The molecule has 0 amide bonds. The molecule has 0 spiro atoms. The van der Waals surface area contributed by atoms with Crippen LogP contribution in [-0.4, -0.2) is 6.54 Å². The summed E-state index contributed by atoms with van der Waals surface area (Å²) in [5, 5.41) is 0. The Balaban J connectivity index is 3.77. The van der Waals surface area contributed by atoms with Crippen LogP contribution in [0.1, 0.15) is 34.1 Å². The zero-order chi connectivity index (χ0) is 8.20. The second-order valence-electron chi connectivity index (χ2n) is 4.08. The van der Waals surface area contributed by atoms with Gasteiger partial charge in [0.05, 0.1) is 0 Å². The first-order valence-corrected chi connectivity index (χ1v) is 3.81. The molecular formula is C9H17N. The molecule has 0 aromatic carbocycles. The summed E-state index contributed by atoms with van der Waals surface area (Å²) in [5.41, 5.74) is 0.218. The van der Waals surface area contributed by atoms with Crippen LogP contribution in [-0.2, 0) is 0 Å². The summed E-state index contributed by atoms with van der Waals surface area (Å²) in [6, 6.07) is 0. The van der Waals surface area contributed by atoms with Crippen molar-refractivity contribution in [2.24, 2.45) is 11.3 Å². The lowest BCUT2D eigenvalue weighted by atomic mass is 9.84. The van der Waals surface area contributed by atoms with Crippen molar-refractivity contribution < 1.29 is 0 Å². The zero-order valence-corrected chi connectivity index (χ0v) is 7.44. The topological polar surface area (TPSA) is 4.36 Å². The van der Waals surface area contributed by atoms with Crippen LogP contribution in [0.4, 0.5) is 0 Å². The van der Waals surface area contributed by atoms with Gasteiger partial charge in [-0.25, -0.2) is 6.57 Å². The van der Waals surface area contributed by atoms with E-state index in [0.717, 1.165) is 6.42 Å². The van der Waals surface area contributed by atoms with E-state index in [0.29, 0.717) is 12.5 Å². The van der Waals surface area contributed by atoms with Crippen molar-refractivity contribution in [3.05, 3.63) is 11.4 Å². The molecule has 0 saturated heterocycles. The molecule has 10 heavy (non-hydrogen) atoms. The maximum absolute atomic E-state index is 6.73. The number of nitrogens with zero attached hydrogens (tertiary/aromatic N) is 1. The summed E-state index contributed by atoms with van der Waals surface area (Å²) >= 11 is 0. The van der Waals surface area contributed by atoms with Gasteiger partial charge < -0.3 is 4.85 Å². The van der Waals surface area contributed by atoms with Gasteiger partial charge >= 0.3 is 0 Å². The second kappa shape index (κ2) is 3.61. The highest BCUT2D eigenvalue weighted by molar-refractivity contribution is 4.78. The fourth-order valence-electron chi connectivity index (χ4n) is 1.38. The van der Waals surface area contributed by atoms with E-state index in [1.54, 1.807) is 0 Å². The maximum atomic E-state index is 6.73. The Morgan fingerprint density at radius 3 is 2.20 bits per heavy atom. The molecule has 0 unspecified atom stereocenters. The lowest BCUT2D eigenvalue weighted by molar-refractivity contribution is 0.313. The van der Waals surface area contributed by atoms with Crippen molar-refractivity contribution >= 4 is 0 Å². The first-order valence-electron chi connectivity index (χ1n) is 3.81. The van der Waals surface area contributed by atoms with Crippen molar-refractivity contribution in [2.45, 2.75) is 34.1 Å². The van der Waals surface area contributed by atoms with Crippen LogP contribution in [0.5, 0.6) is 0 Å². The fraction of sp³-hybridized carbons (Fsp3) is 0.889. The molecule has 1 nitrogen and oxygen atoms in total. The monoisotopic (exact) mass is 139 g/mol. The number of hydrogen-bond donors (Lipinski definition) is 0.